The maximum Gasteiger partial charge on any atom is 0.0644 e. The van der Waals surface area contributed by atoms with Crippen molar-refractivity contribution in [1.29, 1.82) is 0 Å². The van der Waals surface area contributed by atoms with Crippen LogP contribution in [0.25, 0.3) is 0 Å². The summed E-state index contributed by atoms with van der Waals surface area (Å²) in [6, 6.07) is 5.92. The largest absolute Gasteiger partial charge is 0.380 e. The highest BCUT2D eigenvalue weighted by Gasteiger charge is 2.15. The van der Waals surface area contributed by atoms with Crippen LogP contribution >= 0.6 is 0 Å². The fourth-order valence-electron chi connectivity index (χ4n) is 1.39. The average molecular weight is 252 g/mol. The lowest BCUT2D eigenvalue weighted by Gasteiger charge is -2.22. The maximum absolute atomic E-state index is 5.55. The molecule has 1 rings (SSSR count). The van der Waals surface area contributed by atoms with Crippen molar-refractivity contribution in [1.82, 2.24) is 10.3 Å². The Morgan fingerprint density at radius 1 is 1.28 bits per heavy atom. The molecule has 1 aromatic heterocycles. The number of methoxy groups -OCH3 is 1. The van der Waals surface area contributed by atoms with Gasteiger partial charge in [0.1, 0.15) is 0 Å². The molecule has 1 aromatic rings. The van der Waals surface area contributed by atoms with Gasteiger partial charge in [0.15, 0.2) is 0 Å². The van der Waals surface area contributed by atoms with Crippen LogP contribution in [-0.4, -0.2) is 37.5 Å². The molecule has 0 radical (unpaired) electrons. The highest BCUT2D eigenvalue weighted by molar-refractivity contribution is 5.02. The molecule has 0 saturated carbocycles. The minimum absolute atomic E-state index is 0.0958. The zero-order chi connectivity index (χ0) is 13.3. The lowest BCUT2D eigenvalue weighted by molar-refractivity contribution is -0.00936. The minimum atomic E-state index is -0.0958. The lowest BCUT2D eigenvalue weighted by atomic mass is 10.1. The first-order valence-electron chi connectivity index (χ1n) is 6.37. The quantitative estimate of drug-likeness (QED) is 0.683. The third-order valence-electron chi connectivity index (χ3n) is 2.86. The molecule has 0 bridgehead atoms. The number of nitrogens with one attached hydrogen (secondary N) is 1. The molecule has 4 heteroatoms. The Bertz CT molecular complexity index is 315. The Kier molecular flexibility index (Phi) is 6.86. The first-order valence-corrected chi connectivity index (χ1v) is 6.37. The summed E-state index contributed by atoms with van der Waals surface area (Å²) in [5, 5.41) is 3.29. The van der Waals surface area contributed by atoms with E-state index in [-0.39, 0.29) is 5.60 Å². The molecule has 18 heavy (non-hydrogen) atoms. The summed E-state index contributed by atoms with van der Waals surface area (Å²) >= 11 is 0. The van der Waals surface area contributed by atoms with Gasteiger partial charge in [-0.3, -0.25) is 4.98 Å². The molecule has 0 spiro atoms. The summed E-state index contributed by atoms with van der Waals surface area (Å²) < 4.78 is 10.9. The van der Waals surface area contributed by atoms with Crippen molar-refractivity contribution < 1.29 is 9.47 Å². The monoisotopic (exact) mass is 252 g/mol. The van der Waals surface area contributed by atoms with E-state index in [1.165, 1.54) is 0 Å². The number of pyridine rings is 1. The molecule has 0 aliphatic carbocycles. The number of aromatic nitrogens is 1. The predicted octanol–water partition coefficient (Wildman–Crippen LogP) is 2.00. The molecule has 1 N–H and O–H groups in total. The van der Waals surface area contributed by atoms with E-state index in [0.29, 0.717) is 6.61 Å². The average Bonchev–Trinajstić information content (AvgIpc) is 2.39. The van der Waals surface area contributed by atoms with Gasteiger partial charge in [-0.15, -0.1) is 0 Å². The van der Waals surface area contributed by atoms with Gasteiger partial charge in [-0.25, -0.2) is 0 Å². The van der Waals surface area contributed by atoms with E-state index in [0.717, 1.165) is 31.8 Å². The molecule has 0 aliphatic heterocycles. The Morgan fingerprint density at radius 2 is 2.11 bits per heavy atom. The lowest BCUT2D eigenvalue weighted by Crippen LogP contribution is -2.26. The van der Waals surface area contributed by atoms with Crippen LogP contribution in [0.15, 0.2) is 24.4 Å². The third-order valence-corrected chi connectivity index (χ3v) is 2.86. The zero-order valence-corrected chi connectivity index (χ0v) is 11.6. The first-order chi connectivity index (χ1) is 8.64. The van der Waals surface area contributed by atoms with E-state index in [9.17, 15) is 0 Å². The van der Waals surface area contributed by atoms with Crippen molar-refractivity contribution in [3.63, 3.8) is 0 Å². The van der Waals surface area contributed by atoms with Gasteiger partial charge >= 0.3 is 0 Å². The smallest absolute Gasteiger partial charge is 0.0644 e. The Labute approximate surface area is 110 Å². The number of rotatable bonds is 9. The van der Waals surface area contributed by atoms with E-state index < -0.39 is 0 Å². The van der Waals surface area contributed by atoms with Crippen molar-refractivity contribution in [2.75, 3.05) is 26.9 Å². The van der Waals surface area contributed by atoms with Gasteiger partial charge in [-0.05, 0) is 32.4 Å². The van der Waals surface area contributed by atoms with Gasteiger partial charge in [0, 0.05) is 33.0 Å². The van der Waals surface area contributed by atoms with E-state index in [4.69, 9.17) is 9.47 Å². The number of hydrogen-bond acceptors (Lipinski definition) is 4. The second kappa shape index (κ2) is 8.19. The Hall–Kier alpha value is -0.970. The molecular weight excluding hydrogens is 228 g/mol. The van der Waals surface area contributed by atoms with Crippen LogP contribution in [0.2, 0.25) is 0 Å². The normalized spacial score (nSPS) is 11.7. The maximum atomic E-state index is 5.55. The van der Waals surface area contributed by atoms with Crippen LogP contribution in [0.5, 0.6) is 0 Å². The van der Waals surface area contributed by atoms with E-state index >= 15 is 0 Å². The van der Waals surface area contributed by atoms with Crippen LogP contribution in [0.4, 0.5) is 0 Å². The van der Waals surface area contributed by atoms with Crippen LogP contribution in [-0.2, 0) is 16.0 Å². The molecule has 0 aliphatic rings. The van der Waals surface area contributed by atoms with Crippen LogP contribution in [0.3, 0.4) is 0 Å². The summed E-state index contributed by atoms with van der Waals surface area (Å²) in [5.41, 5.74) is 0.958. The summed E-state index contributed by atoms with van der Waals surface area (Å²) in [5.74, 6) is 0. The first kappa shape index (κ1) is 15.1. The highest BCUT2D eigenvalue weighted by Crippen LogP contribution is 2.12. The molecule has 0 amide bonds. The second-order valence-corrected chi connectivity index (χ2v) is 4.82. The highest BCUT2D eigenvalue weighted by atomic mass is 16.5. The molecule has 4 nitrogen and oxygen atoms in total. The van der Waals surface area contributed by atoms with Crippen molar-refractivity contribution in [3.8, 4) is 0 Å². The van der Waals surface area contributed by atoms with Crippen LogP contribution < -0.4 is 5.32 Å². The zero-order valence-electron chi connectivity index (χ0n) is 11.6. The third kappa shape index (κ3) is 6.69. The van der Waals surface area contributed by atoms with Gasteiger partial charge in [0.05, 0.1) is 17.9 Å². The minimum Gasteiger partial charge on any atom is -0.380 e. The summed E-state index contributed by atoms with van der Waals surface area (Å²) in [7, 11) is 1.73. The molecule has 0 aromatic carbocycles. The van der Waals surface area contributed by atoms with E-state index in [1.807, 2.05) is 18.2 Å². The molecule has 0 saturated heterocycles. The van der Waals surface area contributed by atoms with Gasteiger partial charge in [0.25, 0.3) is 0 Å². The Balaban J connectivity index is 1.96. The second-order valence-electron chi connectivity index (χ2n) is 4.82. The standard InChI is InChI=1S/C14H24N2O2/c1-14(2,17-3)7-10-18-11-9-15-12-13-6-4-5-8-16-13/h4-6,8,15H,7,9-12H2,1-3H3. The summed E-state index contributed by atoms with van der Waals surface area (Å²) in [6.07, 6.45) is 2.71. The predicted molar refractivity (Wildman–Crippen MR) is 72.5 cm³/mol. The fraction of sp³-hybridized carbons (Fsp3) is 0.643. The topological polar surface area (TPSA) is 43.4 Å². The van der Waals surface area contributed by atoms with E-state index in [2.05, 4.69) is 24.1 Å². The van der Waals surface area contributed by atoms with Crippen molar-refractivity contribution >= 4 is 0 Å². The van der Waals surface area contributed by atoms with Gasteiger partial charge < -0.3 is 14.8 Å². The number of nitrogens with zero attached hydrogens (tertiary/aromatic N) is 1. The molecule has 102 valence electrons. The summed E-state index contributed by atoms with van der Waals surface area (Å²) in [4.78, 5) is 4.24. The Morgan fingerprint density at radius 3 is 2.78 bits per heavy atom. The molecule has 0 atom stereocenters. The fourth-order valence-corrected chi connectivity index (χ4v) is 1.39. The van der Waals surface area contributed by atoms with Crippen molar-refractivity contribution in [3.05, 3.63) is 30.1 Å². The van der Waals surface area contributed by atoms with Crippen molar-refractivity contribution in [2.45, 2.75) is 32.4 Å². The number of hydrogen-bond donors (Lipinski definition) is 1. The SMILES string of the molecule is COC(C)(C)CCOCCNCc1ccccn1. The molecule has 1 heterocycles. The van der Waals surface area contributed by atoms with Gasteiger partial charge in [0.2, 0.25) is 0 Å². The van der Waals surface area contributed by atoms with E-state index in [1.54, 1.807) is 13.3 Å². The molecule has 0 unspecified atom stereocenters. The van der Waals surface area contributed by atoms with Crippen LogP contribution in [0, 0.1) is 0 Å². The number of ether oxygens (including phenoxy) is 2. The van der Waals surface area contributed by atoms with Gasteiger partial charge in [-0.1, -0.05) is 6.07 Å². The summed E-state index contributed by atoms with van der Waals surface area (Å²) in [6.45, 7) is 7.20. The van der Waals surface area contributed by atoms with Crippen LogP contribution in [0.1, 0.15) is 26.0 Å². The molecular formula is C14H24N2O2. The molecule has 0 fully saturated rings. The van der Waals surface area contributed by atoms with Gasteiger partial charge in [-0.2, -0.15) is 0 Å². The van der Waals surface area contributed by atoms with Crippen molar-refractivity contribution in [2.24, 2.45) is 0 Å².